The number of methoxy groups -OCH3 is 1. The van der Waals surface area contributed by atoms with E-state index in [0.29, 0.717) is 20.3 Å². The van der Waals surface area contributed by atoms with Crippen LogP contribution in [-0.2, 0) is 0 Å². The Labute approximate surface area is 228 Å². The van der Waals surface area contributed by atoms with Crippen LogP contribution < -0.4 is 14.8 Å². The lowest BCUT2D eigenvalue weighted by Crippen LogP contribution is -2.23. The number of halogens is 2. The molecule has 0 bridgehead atoms. The maximum absolute atomic E-state index is 13.3. The summed E-state index contributed by atoms with van der Waals surface area (Å²) in [6.45, 7) is 0. The molecule has 0 atom stereocenters. The Kier molecular flexibility index (Phi) is 6.11. The number of rotatable bonds is 5. The Morgan fingerprint density at radius 1 is 1.00 bits per heavy atom. The molecule has 6 rings (SSSR count). The van der Waals surface area contributed by atoms with E-state index in [9.17, 15) is 4.79 Å². The van der Waals surface area contributed by atoms with Crippen molar-refractivity contribution in [3.63, 3.8) is 0 Å². The summed E-state index contributed by atoms with van der Waals surface area (Å²) in [4.78, 5) is 18.3. The van der Waals surface area contributed by atoms with Crippen LogP contribution in [-0.4, -0.2) is 31.5 Å². The van der Waals surface area contributed by atoms with E-state index in [2.05, 4.69) is 26.0 Å². The summed E-state index contributed by atoms with van der Waals surface area (Å²) >= 11 is 10.8. The number of hydrogen-bond donors (Lipinski definition) is 0. The second kappa shape index (κ2) is 9.59. The van der Waals surface area contributed by atoms with Gasteiger partial charge in [0.1, 0.15) is 11.4 Å². The molecule has 7 nitrogen and oxygen atoms in total. The summed E-state index contributed by atoms with van der Waals surface area (Å²) in [5.41, 5.74) is 3.87. The lowest BCUT2D eigenvalue weighted by Gasteiger charge is -2.05. The predicted octanol–water partition coefficient (Wildman–Crippen LogP) is 5.64. The van der Waals surface area contributed by atoms with Gasteiger partial charge < -0.3 is 4.74 Å². The van der Waals surface area contributed by atoms with Gasteiger partial charge in [0.25, 0.3) is 5.56 Å². The molecule has 0 saturated heterocycles. The molecule has 0 fully saturated rings. The van der Waals surface area contributed by atoms with E-state index in [4.69, 9.17) is 21.4 Å². The van der Waals surface area contributed by atoms with Crippen LogP contribution in [0.15, 0.2) is 88.3 Å². The Morgan fingerprint density at radius 2 is 1.76 bits per heavy atom. The molecular formula is C27H17BrClN5O2S. The minimum atomic E-state index is -0.234. The largest absolute Gasteiger partial charge is 0.496 e. The first-order valence-corrected chi connectivity index (χ1v) is 13.1. The van der Waals surface area contributed by atoms with Crippen molar-refractivity contribution in [3.05, 3.63) is 109 Å². The average molecular weight is 591 g/mol. The number of hydrogen-bond acceptors (Lipinski definition) is 6. The number of ether oxygens (including phenoxy) is 1. The third-order valence-electron chi connectivity index (χ3n) is 5.76. The Morgan fingerprint density at radius 3 is 2.46 bits per heavy atom. The van der Waals surface area contributed by atoms with E-state index in [1.165, 1.54) is 15.9 Å². The van der Waals surface area contributed by atoms with Crippen LogP contribution in [0.3, 0.4) is 0 Å². The van der Waals surface area contributed by atoms with Crippen LogP contribution in [0.4, 0.5) is 0 Å². The summed E-state index contributed by atoms with van der Waals surface area (Å²) in [7, 11) is 1.62. The van der Waals surface area contributed by atoms with E-state index in [1.807, 2.05) is 72.9 Å². The monoisotopic (exact) mass is 589 g/mol. The van der Waals surface area contributed by atoms with Crippen molar-refractivity contribution >= 4 is 49.9 Å². The van der Waals surface area contributed by atoms with Crippen molar-refractivity contribution in [2.45, 2.75) is 0 Å². The van der Waals surface area contributed by atoms with Crippen molar-refractivity contribution in [1.29, 1.82) is 0 Å². The van der Waals surface area contributed by atoms with Gasteiger partial charge in [0.2, 0.25) is 4.96 Å². The first-order chi connectivity index (χ1) is 18.0. The average Bonchev–Trinajstić information content (AvgIpc) is 3.60. The number of fused-ring (bicyclic) bond motifs is 1. The Bertz CT molecular complexity index is 1860. The van der Waals surface area contributed by atoms with E-state index >= 15 is 0 Å². The summed E-state index contributed by atoms with van der Waals surface area (Å²) in [5, 5.41) is 9.92. The first-order valence-electron chi connectivity index (χ1n) is 11.2. The molecular weight excluding hydrogens is 574 g/mol. The number of aromatic nitrogens is 5. The van der Waals surface area contributed by atoms with Gasteiger partial charge in [-0.3, -0.25) is 4.79 Å². The minimum Gasteiger partial charge on any atom is -0.496 e. The van der Waals surface area contributed by atoms with Crippen LogP contribution in [0.25, 0.3) is 39.4 Å². The van der Waals surface area contributed by atoms with Gasteiger partial charge in [-0.05, 0) is 76.6 Å². The molecule has 3 aromatic carbocycles. The van der Waals surface area contributed by atoms with Crippen LogP contribution >= 0.6 is 38.9 Å². The number of para-hydroxylation sites is 1. The van der Waals surface area contributed by atoms with Crippen LogP contribution in [0.5, 0.6) is 5.75 Å². The molecule has 0 unspecified atom stereocenters. The van der Waals surface area contributed by atoms with Gasteiger partial charge in [-0.1, -0.05) is 41.1 Å². The van der Waals surface area contributed by atoms with Gasteiger partial charge in [-0.15, -0.1) is 5.10 Å². The molecule has 0 aliphatic carbocycles. The number of thiazole rings is 1. The molecule has 0 amide bonds. The van der Waals surface area contributed by atoms with Gasteiger partial charge in [-0.25, -0.2) is 4.68 Å². The number of benzene rings is 3. The van der Waals surface area contributed by atoms with Gasteiger partial charge in [0, 0.05) is 27.9 Å². The maximum atomic E-state index is 13.3. The molecule has 3 heterocycles. The quantitative estimate of drug-likeness (QED) is 0.260. The lowest BCUT2D eigenvalue weighted by molar-refractivity contribution is 0.412. The maximum Gasteiger partial charge on any atom is 0.291 e. The molecule has 37 heavy (non-hydrogen) atoms. The van der Waals surface area contributed by atoms with E-state index in [1.54, 1.807) is 23.9 Å². The van der Waals surface area contributed by atoms with E-state index < -0.39 is 0 Å². The molecule has 10 heteroatoms. The van der Waals surface area contributed by atoms with E-state index in [-0.39, 0.29) is 5.56 Å². The minimum absolute atomic E-state index is 0.234. The molecule has 3 aromatic heterocycles. The molecule has 0 spiro atoms. The molecule has 0 radical (unpaired) electrons. The zero-order valence-corrected chi connectivity index (χ0v) is 22.5. The summed E-state index contributed by atoms with van der Waals surface area (Å²) in [6.07, 6.45) is 3.75. The Balaban J connectivity index is 1.48. The molecule has 0 N–H and O–H groups in total. The standard InChI is InChI=1S/C27H17BrClN5O2S/c1-36-22-12-9-17(13-21(22)28)24-18(15-33(31-24)20-5-3-2-4-6-20)14-23-26(35)34-27(37-23)30-25(32-34)16-7-10-19(29)11-8-16/h2-15H,1H3. The normalized spacial score (nSPS) is 11.9. The van der Waals surface area contributed by atoms with Crippen molar-refractivity contribution in [2.75, 3.05) is 7.11 Å². The van der Waals surface area contributed by atoms with Gasteiger partial charge in [0.05, 0.1) is 21.8 Å². The fraction of sp³-hybridized carbons (Fsp3) is 0.0370. The van der Waals surface area contributed by atoms with Crippen LogP contribution in [0.1, 0.15) is 5.56 Å². The summed E-state index contributed by atoms with van der Waals surface area (Å²) in [5.74, 6) is 1.20. The first kappa shape index (κ1) is 23.6. The zero-order valence-electron chi connectivity index (χ0n) is 19.3. The third kappa shape index (κ3) is 4.46. The van der Waals surface area contributed by atoms with Gasteiger partial charge >= 0.3 is 0 Å². The fourth-order valence-electron chi connectivity index (χ4n) is 3.94. The fourth-order valence-corrected chi connectivity index (χ4v) is 5.51. The second-order valence-corrected chi connectivity index (χ2v) is 10.4. The smallest absolute Gasteiger partial charge is 0.291 e. The lowest BCUT2D eigenvalue weighted by atomic mass is 10.1. The van der Waals surface area contributed by atoms with E-state index in [0.717, 1.165) is 38.3 Å². The SMILES string of the molecule is COc1ccc(-c2nn(-c3ccccc3)cc2C=c2sc3nc(-c4ccc(Cl)cc4)nn3c2=O)cc1Br. The highest BCUT2D eigenvalue weighted by molar-refractivity contribution is 9.10. The molecule has 0 aliphatic rings. The molecule has 182 valence electrons. The van der Waals surface area contributed by atoms with Crippen LogP contribution in [0, 0.1) is 0 Å². The van der Waals surface area contributed by atoms with Crippen molar-refractivity contribution in [2.24, 2.45) is 0 Å². The highest BCUT2D eigenvalue weighted by Crippen LogP contribution is 2.32. The zero-order chi connectivity index (χ0) is 25.5. The molecule has 6 aromatic rings. The van der Waals surface area contributed by atoms with Crippen molar-refractivity contribution < 1.29 is 4.74 Å². The highest BCUT2D eigenvalue weighted by Gasteiger charge is 2.16. The topological polar surface area (TPSA) is 74.3 Å². The van der Waals surface area contributed by atoms with Gasteiger partial charge in [-0.2, -0.15) is 14.6 Å². The number of nitrogens with zero attached hydrogens (tertiary/aromatic N) is 5. The molecule has 0 saturated carbocycles. The van der Waals surface area contributed by atoms with Crippen molar-refractivity contribution in [3.8, 4) is 34.1 Å². The second-order valence-electron chi connectivity index (χ2n) is 8.11. The highest BCUT2D eigenvalue weighted by atomic mass is 79.9. The van der Waals surface area contributed by atoms with Gasteiger partial charge in [0.15, 0.2) is 5.82 Å². The third-order valence-corrected chi connectivity index (χ3v) is 7.59. The summed E-state index contributed by atoms with van der Waals surface area (Å²) < 4.78 is 9.85. The molecule has 0 aliphatic heterocycles. The van der Waals surface area contributed by atoms with Crippen LogP contribution in [0.2, 0.25) is 5.02 Å². The summed E-state index contributed by atoms with van der Waals surface area (Å²) in [6, 6.07) is 22.8. The Hall–Kier alpha value is -3.79. The van der Waals surface area contributed by atoms with Crippen molar-refractivity contribution in [1.82, 2.24) is 24.4 Å². The predicted molar refractivity (Wildman–Crippen MR) is 150 cm³/mol.